The van der Waals surface area contributed by atoms with E-state index in [9.17, 15) is 4.79 Å². The molecule has 28 heavy (non-hydrogen) atoms. The van der Waals surface area contributed by atoms with Crippen LogP contribution in [0.4, 0.5) is 0 Å². The molecule has 0 atom stereocenters. The summed E-state index contributed by atoms with van der Waals surface area (Å²) in [6.07, 6.45) is 2.44. The van der Waals surface area contributed by atoms with Gasteiger partial charge in [0, 0.05) is 20.4 Å². The Morgan fingerprint density at radius 3 is 2.11 bits per heavy atom. The van der Waals surface area contributed by atoms with Gasteiger partial charge in [0.15, 0.2) is 0 Å². The van der Waals surface area contributed by atoms with Crippen LogP contribution in [0.25, 0.3) is 0 Å². The fourth-order valence-corrected chi connectivity index (χ4v) is 2.17. The van der Waals surface area contributed by atoms with E-state index in [0.29, 0.717) is 77.8 Å². The van der Waals surface area contributed by atoms with Gasteiger partial charge in [-0.2, -0.15) is 0 Å². The molecule has 0 spiro atoms. The number of carbonyl (C=O) groups is 1. The van der Waals surface area contributed by atoms with Crippen molar-refractivity contribution in [2.24, 2.45) is 5.92 Å². The van der Waals surface area contributed by atoms with E-state index in [1.54, 1.807) is 4.68 Å². The highest BCUT2D eigenvalue weighted by molar-refractivity contribution is 5.75. The molecular weight excluding hydrogens is 364 g/mol. The van der Waals surface area contributed by atoms with E-state index < -0.39 is 0 Å². The van der Waals surface area contributed by atoms with Crippen molar-refractivity contribution in [1.82, 2.24) is 20.3 Å². The Bertz CT molecular complexity index is 528. The summed E-state index contributed by atoms with van der Waals surface area (Å²) in [5.41, 5.74) is 0.816. The minimum absolute atomic E-state index is 0. The van der Waals surface area contributed by atoms with Gasteiger partial charge in [0.25, 0.3) is 0 Å². The van der Waals surface area contributed by atoms with Crippen LogP contribution < -0.4 is 5.32 Å². The fraction of sp³-hybridized carbons (Fsp3) is 0.842. The van der Waals surface area contributed by atoms with E-state index in [0.717, 1.165) is 5.69 Å². The van der Waals surface area contributed by atoms with Crippen molar-refractivity contribution in [1.29, 1.82) is 0 Å². The van der Waals surface area contributed by atoms with Crippen LogP contribution in [0.2, 0.25) is 0 Å². The largest absolute Gasteiger partial charge is 0.377 e. The molecule has 0 aliphatic heterocycles. The lowest BCUT2D eigenvalue weighted by Gasteiger charge is -2.08. The van der Waals surface area contributed by atoms with Gasteiger partial charge in [-0.05, 0) is 19.8 Å². The molecule has 0 saturated carbocycles. The maximum absolute atomic E-state index is 11.4. The van der Waals surface area contributed by atoms with E-state index in [2.05, 4.69) is 29.5 Å². The lowest BCUT2D eigenvalue weighted by atomic mass is 10.1. The van der Waals surface area contributed by atoms with Gasteiger partial charge in [-0.1, -0.05) is 19.1 Å². The standard InChI is InChI=1S/C19H36N4O5.H2/c1-16(2)13-19(24)20-5-6-25-7-8-26-9-10-27-11-12-28-15-18-14-23(17(3)4)22-21-18;/h14,16-17H,5-13,15H2,1-4H3,(H,20,24);1H. The third kappa shape index (κ3) is 12.8. The first-order chi connectivity index (χ1) is 13.5. The first-order valence-electron chi connectivity index (χ1n) is 9.97. The van der Waals surface area contributed by atoms with Crippen molar-refractivity contribution in [3.8, 4) is 0 Å². The molecule has 9 heteroatoms. The molecule has 0 unspecified atom stereocenters. The molecule has 0 aliphatic rings. The Kier molecular flexibility index (Phi) is 13.5. The smallest absolute Gasteiger partial charge is 0.220 e. The molecule has 1 aromatic heterocycles. The van der Waals surface area contributed by atoms with Gasteiger partial charge in [0.1, 0.15) is 5.69 Å². The lowest BCUT2D eigenvalue weighted by molar-refractivity contribution is -0.122. The van der Waals surface area contributed by atoms with Crippen LogP contribution in [0.3, 0.4) is 0 Å². The zero-order valence-corrected chi connectivity index (χ0v) is 17.7. The third-order valence-electron chi connectivity index (χ3n) is 3.62. The molecule has 0 aromatic carbocycles. The Hall–Kier alpha value is -1.55. The Morgan fingerprint density at radius 2 is 1.57 bits per heavy atom. The normalized spacial score (nSPS) is 11.5. The maximum Gasteiger partial charge on any atom is 0.220 e. The first-order valence-corrected chi connectivity index (χ1v) is 9.97. The quantitative estimate of drug-likeness (QED) is 0.397. The van der Waals surface area contributed by atoms with Crippen LogP contribution in [-0.2, 0) is 30.3 Å². The summed E-state index contributed by atoms with van der Waals surface area (Å²) in [5.74, 6) is 0.438. The highest BCUT2D eigenvalue weighted by Crippen LogP contribution is 2.03. The number of amides is 1. The third-order valence-corrected chi connectivity index (χ3v) is 3.62. The van der Waals surface area contributed by atoms with E-state index in [4.69, 9.17) is 18.9 Å². The summed E-state index contributed by atoms with van der Waals surface area (Å²) in [6, 6.07) is 0.297. The molecule has 1 amide bonds. The second-order valence-corrected chi connectivity index (χ2v) is 7.12. The van der Waals surface area contributed by atoms with Crippen LogP contribution in [0, 0.1) is 5.92 Å². The number of rotatable bonds is 17. The van der Waals surface area contributed by atoms with E-state index in [-0.39, 0.29) is 7.33 Å². The summed E-state index contributed by atoms with van der Waals surface area (Å²) in [5, 5.41) is 10.9. The van der Waals surface area contributed by atoms with Crippen molar-refractivity contribution in [3.05, 3.63) is 11.9 Å². The van der Waals surface area contributed by atoms with Gasteiger partial charge < -0.3 is 24.3 Å². The summed E-state index contributed by atoms with van der Waals surface area (Å²) >= 11 is 0. The summed E-state index contributed by atoms with van der Waals surface area (Å²) < 4.78 is 23.6. The molecule has 1 aromatic rings. The molecule has 1 rings (SSSR count). The minimum Gasteiger partial charge on any atom is -0.377 e. The monoisotopic (exact) mass is 402 g/mol. The van der Waals surface area contributed by atoms with Crippen LogP contribution >= 0.6 is 0 Å². The Labute approximate surface area is 169 Å². The van der Waals surface area contributed by atoms with Crippen molar-refractivity contribution in [2.45, 2.75) is 46.8 Å². The van der Waals surface area contributed by atoms with Crippen molar-refractivity contribution in [2.75, 3.05) is 52.8 Å². The van der Waals surface area contributed by atoms with Crippen LogP contribution in [0.5, 0.6) is 0 Å². The number of hydrogen-bond acceptors (Lipinski definition) is 7. The molecule has 0 aliphatic carbocycles. The highest BCUT2D eigenvalue weighted by atomic mass is 16.6. The molecule has 9 nitrogen and oxygen atoms in total. The van der Waals surface area contributed by atoms with Crippen LogP contribution in [-0.4, -0.2) is 73.7 Å². The lowest BCUT2D eigenvalue weighted by Crippen LogP contribution is -2.28. The van der Waals surface area contributed by atoms with Gasteiger partial charge in [-0.15, -0.1) is 5.10 Å². The number of aromatic nitrogens is 3. The average Bonchev–Trinajstić information content (AvgIpc) is 3.10. The first kappa shape index (κ1) is 24.5. The summed E-state index contributed by atoms with van der Waals surface area (Å²) in [4.78, 5) is 11.4. The average molecular weight is 403 g/mol. The van der Waals surface area contributed by atoms with Crippen molar-refractivity contribution >= 4 is 5.91 Å². The van der Waals surface area contributed by atoms with Gasteiger partial charge in [-0.3, -0.25) is 4.79 Å². The van der Waals surface area contributed by atoms with Crippen LogP contribution in [0.15, 0.2) is 6.20 Å². The second-order valence-electron chi connectivity index (χ2n) is 7.12. The highest BCUT2D eigenvalue weighted by Gasteiger charge is 2.04. The topological polar surface area (TPSA) is 96.7 Å². The number of carbonyl (C=O) groups excluding carboxylic acids is 1. The molecule has 0 saturated heterocycles. The zero-order valence-electron chi connectivity index (χ0n) is 17.7. The predicted octanol–water partition coefficient (Wildman–Crippen LogP) is 1.83. The van der Waals surface area contributed by atoms with Crippen molar-refractivity contribution in [3.63, 3.8) is 0 Å². The van der Waals surface area contributed by atoms with Crippen LogP contribution in [0.1, 0.15) is 47.3 Å². The summed E-state index contributed by atoms with van der Waals surface area (Å²) in [6.45, 7) is 12.6. The van der Waals surface area contributed by atoms with Gasteiger partial charge >= 0.3 is 0 Å². The second kappa shape index (κ2) is 15.4. The molecule has 0 fully saturated rings. The summed E-state index contributed by atoms with van der Waals surface area (Å²) in [7, 11) is 0. The molecule has 1 N–H and O–H groups in total. The SMILES string of the molecule is CC(C)CC(=O)NCCOCCOCCOCCOCc1cn(C(C)C)nn1.[HH]. The molecule has 0 radical (unpaired) electrons. The van der Waals surface area contributed by atoms with Gasteiger partial charge in [-0.25, -0.2) is 4.68 Å². The fourth-order valence-electron chi connectivity index (χ4n) is 2.17. The Balaban J connectivity index is 0.00000784. The Morgan fingerprint density at radius 1 is 1.00 bits per heavy atom. The van der Waals surface area contributed by atoms with Crippen molar-refractivity contribution < 1.29 is 25.2 Å². The predicted molar refractivity (Wildman–Crippen MR) is 107 cm³/mol. The molecular formula is C19H38N4O5. The number of ether oxygens (including phenoxy) is 4. The molecule has 164 valence electrons. The van der Waals surface area contributed by atoms with Gasteiger partial charge in [0.05, 0.1) is 59.1 Å². The number of nitrogens with zero attached hydrogens (tertiary/aromatic N) is 3. The van der Waals surface area contributed by atoms with E-state index in [1.165, 1.54) is 0 Å². The van der Waals surface area contributed by atoms with E-state index >= 15 is 0 Å². The zero-order chi connectivity index (χ0) is 20.6. The maximum atomic E-state index is 11.4. The van der Waals surface area contributed by atoms with Gasteiger partial charge in [0.2, 0.25) is 5.91 Å². The van der Waals surface area contributed by atoms with E-state index in [1.807, 2.05) is 20.0 Å². The number of nitrogens with one attached hydrogen (secondary N) is 1. The molecule has 0 bridgehead atoms. The minimum atomic E-state index is 0. The molecule has 1 heterocycles. The number of hydrogen-bond donors (Lipinski definition) is 1.